The minimum Gasteiger partial charge on any atom is -0.309 e. The predicted octanol–water partition coefficient (Wildman–Crippen LogP) is 17.0. The molecule has 10 aromatic carbocycles. The number of benzene rings is 10. The molecule has 0 atom stereocenters. The van der Waals surface area contributed by atoms with E-state index in [-0.39, 0.29) is 0 Å². The van der Waals surface area contributed by atoms with E-state index in [2.05, 4.69) is 211 Å². The van der Waals surface area contributed by atoms with Gasteiger partial charge in [-0.15, -0.1) is 11.3 Å². The summed E-state index contributed by atoms with van der Waals surface area (Å²) in [6, 6.07) is 86.4. The molecule has 5 heteroatoms. The molecule has 0 aliphatic carbocycles. The number of fused-ring (bicyclic) bond motifs is 7. The first kappa shape index (κ1) is 39.6. The topological polar surface area (TPSA) is 43.6 Å². The summed E-state index contributed by atoms with van der Waals surface area (Å²) in [6.07, 6.45) is 0. The highest BCUT2D eigenvalue weighted by molar-refractivity contribution is 7.26. The van der Waals surface area contributed by atoms with Gasteiger partial charge in [0, 0.05) is 53.3 Å². The van der Waals surface area contributed by atoms with Crippen LogP contribution in [-0.4, -0.2) is 19.5 Å². The molecule has 13 rings (SSSR count). The van der Waals surface area contributed by atoms with Crippen LogP contribution in [0, 0.1) is 0 Å². The Morgan fingerprint density at radius 2 is 0.853 bits per heavy atom. The molecule has 0 amide bonds. The van der Waals surface area contributed by atoms with Crippen molar-refractivity contribution in [2.24, 2.45) is 0 Å². The van der Waals surface area contributed by atoms with E-state index in [1.807, 2.05) is 47.7 Å². The fourth-order valence-electron chi connectivity index (χ4n) is 9.95. The lowest BCUT2D eigenvalue weighted by molar-refractivity contribution is 1.07. The van der Waals surface area contributed by atoms with Gasteiger partial charge in [0.15, 0.2) is 17.5 Å². The van der Waals surface area contributed by atoms with Crippen LogP contribution < -0.4 is 0 Å². The van der Waals surface area contributed by atoms with Gasteiger partial charge in [-0.25, -0.2) is 15.0 Å². The third-order valence-electron chi connectivity index (χ3n) is 13.1. The summed E-state index contributed by atoms with van der Waals surface area (Å²) < 4.78 is 4.93. The van der Waals surface area contributed by atoms with E-state index in [4.69, 9.17) is 15.0 Å². The van der Waals surface area contributed by atoms with Crippen molar-refractivity contribution in [1.29, 1.82) is 0 Å². The summed E-state index contributed by atoms with van der Waals surface area (Å²) in [6.45, 7) is 0. The van der Waals surface area contributed by atoms with Crippen LogP contribution in [0.4, 0.5) is 0 Å². The lowest BCUT2D eigenvalue weighted by atomic mass is 9.85. The molecule has 0 spiro atoms. The maximum Gasteiger partial charge on any atom is 0.164 e. The van der Waals surface area contributed by atoms with Crippen molar-refractivity contribution in [3.8, 4) is 84.4 Å². The van der Waals surface area contributed by atoms with Gasteiger partial charge in [-0.1, -0.05) is 200 Å². The second kappa shape index (κ2) is 16.6. The molecule has 3 aromatic heterocycles. The Labute approximate surface area is 397 Å². The van der Waals surface area contributed by atoms with Gasteiger partial charge in [0.2, 0.25) is 0 Å². The van der Waals surface area contributed by atoms with Gasteiger partial charge in [-0.3, -0.25) is 0 Å². The highest BCUT2D eigenvalue weighted by atomic mass is 32.1. The summed E-state index contributed by atoms with van der Waals surface area (Å²) in [5.41, 5.74) is 15.3. The minimum absolute atomic E-state index is 0.610. The Balaban J connectivity index is 1.07. The lowest BCUT2D eigenvalue weighted by Gasteiger charge is -2.19. The molecule has 68 heavy (non-hydrogen) atoms. The van der Waals surface area contributed by atoms with Crippen LogP contribution in [0.5, 0.6) is 0 Å². The average molecular weight is 885 g/mol. The lowest BCUT2D eigenvalue weighted by Crippen LogP contribution is -2.01. The third kappa shape index (κ3) is 6.79. The molecular weight excluding hydrogens is 845 g/mol. The smallest absolute Gasteiger partial charge is 0.164 e. The van der Waals surface area contributed by atoms with Crippen molar-refractivity contribution in [2.45, 2.75) is 0 Å². The van der Waals surface area contributed by atoms with Crippen LogP contribution in [0.2, 0.25) is 0 Å². The molecule has 0 bridgehead atoms. The van der Waals surface area contributed by atoms with E-state index >= 15 is 0 Å². The summed E-state index contributed by atoms with van der Waals surface area (Å²) in [5, 5.41) is 5.01. The molecule has 0 saturated carbocycles. The fraction of sp³-hybridized carbons (Fsp3) is 0. The van der Waals surface area contributed by atoms with Crippen molar-refractivity contribution >= 4 is 53.3 Å². The first-order chi connectivity index (χ1) is 33.7. The molecule has 0 radical (unpaired) electrons. The Kier molecular flexibility index (Phi) is 9.66. The van der Waals surface area contributed by atoms with Crippen molar-refractivity contribution < 1.29 is 0 Å². The van der Waals surface area contributed by atoms with Crippen LogP contribution in [0.1, 0.15) is 0 Å². The quantitative estimate of drug-likeness (QED) is 0.153. The van der Waals surface area contributed by atoms with Gasteiger partial charge >= 0.3 is 0 Å². The largest absolute Gasteiger partial charge is 0.309 e. The standard InChI is InChI=1S/C63H40N4S/c1-6-19-41(20-7-1)49-30-18-31-50(42-21-8-2-9-22-42)58(49)46-33-35-48(54(40-46)63-65-61(43-23-10-3-11-24-43)64-62(66-63)44-25-12-4-13-26-44)45-34-38-57-53(39-45)51-36-37-56-59(60(51)68-57)52-29-16-17-32-55(52)67(56)47-27-14-5-15-28-47/h1-40H. The van der Waals surface area contributed by atoms with Crippen molar-refractivity contribution in [3.63, 3.8) is 0 Å². The first-order valence-corrected chi connectivity index (χ1v) is 23.7. The molecule has 0 saturated heterocycles. The molecule has 0 aliphatic heterocycles. The van der Waals surface area contributed by atoms with E-state index < -0.39 is 0 Å². The zero-order valence-electron chi connectivity index (χ0n) is 36.8. The molecule has 0 aliphatic rings. The molecule has 4 nitrogen and oxygen atoms in total. The van der Waals surface area contributed by atoms with Crippen LogP contribution in [0.15, 0.2) is 243 Å². The second-order valence-corrected chi connectivity index (χ2v) is 18.1. The number of para-hydroxylation sites is 2. The normalized spacial score (nSPS) is 11.5. The van der Waals surface area contributed by atoms with Crippen LogP contribution in [0.25, 0.3) is 126 Å². The van der Waals surface area contributed by atoms with Gasteiger partial charge in [0.1, 0.15) is 0 Å². The minimum atomic E-state index is 0.610. The fourth-order valence-corrected chi connectivity index (χ4v) is 11.2. The number of hydrogen-bond acceptors (Lipinski definition) is 4. The Morgan fingerprint density at radius 1 is 0.309 bits per heavy atom. The summed E-state index contributed by atoms with van der Waals surface area (Å²) in [4.78, 5) is 15.8. The molecule has 3 heterocycles. The molecular formula is C63H40N4S. The predicted molar refractivity (Wildman–Crippen MR) is 285 cm³/mol. The van der Waals surface area contributed by atoms with Crippen LogP contribution >= 0.6 is 11.3 Å². The Morgan fingerprint density at radius 3 is 1.49 bits per heavy atom. The van der Waals surface area contributed by atoms with Crippen LogP contribution in [-0.2, 0) is 0 Å². The SMILES string of the molecule is c1ccc(-c2nc(-c3ccccc3)nc(-c3cc(-c4c(-c5ccccc5)cccc4-c4ccccc4)ccc3-c3ccc4sc5c(ccc6c5c5ccccc5n6-c5ccccc5)c4c3)n2)cc1. The van der Waals surface area contributed by atoms with E-state index in [1.165, 1.54) is 42.0 Å². The van der Waals surface area contributed by atoms with E-state index in [1.54, 1.807) is 0 Å². The second-order valence-electron chi connectivity index (χ2n) is 17.1. The van der Waals surface area contributed by atoms with Gasteiger partial charge in [0.05, 0.1) is 11.0 Å². The Bertz CT molecular complexity index is 3880. The maximum atomic E-state index is 5.35. The highest BCUT2D eigenvalue weighted by Gasteiger charge is 2.22. The summed E-state index contributed by atoms with van der Waals surface area (Å²) in [5.74, 6) is 1.86. The maximum absolute atomic E-state index is 5.35. The number of nitrogens with zero attached hydrogens (tertiary/aromatic N) is 4. The molecule has 318 valence electrons. The van der Waals surface area contributed by atoms with E-state index in [0.717, 1.165) is 66.9 Å². The Hall–Kier alpha value is -8.77. The first-order valence-electron chi connectivity index (χ1n) is 22.9. The highest BCUT2D eigenvalue weighted by Crippen LogP contribution is 2.47. The zero-order valence-corrected chi connectivity index (χ0v) is 37.6. The van der Waals surface area contributed by atoms with E-state index in [0.29, 0.717) is 17.5 Å². The van der Waals surface area contributed by atoms with Gasteiger partial charge in [0.25, 0.3) is 0 Å². The van der Waals surface area contributed by atoms with E-state index in [9.17, 15) is 0 Å². The third-order valence-corrected chi connectivity index (χ3v) is 14.3. The number of rotatable bonds is 8. The number of hydrogen-bond donors (Lipinski definition) is 0. The van der Waals surface area contributed by atoms with Crippen LogP contribution in [0.3, 0.4) is 0 Å². The summed E-state index contributed by atoms with van der Waals surface area (Å²) in [7, 11) is 0. The van der Waals surface area contributed by atoms with Gasteiger partial charge in [-0.2, -0.15) is 0 Å². The monoisotopic (exact) mass is 884 g/mol. The van der Waals surface area contributed by atoms with Crippen molar-refractivity contribution in [2.75, 3.05) is 0 Å². The van der Waals surface area contributed by atoms with Crippen molar-refractivity contribution in [3.05, 3.63) is 243 Å². The summed E-state index contributed by atoms with van der Waals surface area (Å²) >= 11 is 1.87. The van der Waals surface area contributed by atoms with Gasteiger partial charge in [-0.05, 0) is 87.0 Å². The molecule has 13 aromatic rings. The zero-order chi connectivity index (χ0) is 45.0. The number of thiophene rings is 1. The average Bonchev–Trinajstić information content (AvgIpc) is 3.97. The van der Waals surface area contributed by atoms with Crippen molar-refractivity contribution in [1.82, 2.24) is 19.5 Å². The molecule has 0 N–H and O–H groups in total. The molecule has 0 unspecified atom stereocenters. The molecule has 0 fully saturated rings. The number of aromatic nitrogens is 4. The van der Waals surface area contributed by atoms with Gasteiger partial charge < -0.3 is 4.57 Å².